The number of aliphatic carboxylic acids is 1. The highest BCUT2D eigenvalue weighted by molar-refractivity contribution is 8.26. The van der Waals surface area contributed by atoms with Crippen LogP contribution in [-0.4, -0.2) is 44.7 Å². The summed E-state index contributed by atoms with van der Waals surface area (Å²) in [6.07, 6.45) is -1.83. The van der Waals surface area contributed by atoms with Gasteiger partial charge in [0, 0.05) is 23.4 Å². The molecule has 0 spiro atoms. The van der Waals surface area contributed by atoms with Gasteiger partial charge in [-0.1, -0.05) is 30.0 Å². The third-order valence-electron chi connectivity index (χ3n) is 6.10. The van der Waals surface area contributed by atoms with E-state index in [4.69, 9.17) is 17.3 Å². The van der Waals surface area contributed by atoms with Crippen LogP contribution in [-0.2, 0) is 20.6 Å². The van der Waals surface area contributed by atoms with E-state index < -0.39 is 23.5 Å². The van der Waals surface area contributed by atoms with Gasteiger partial charge in [-0.2, -0.15) is 13.2 Å². The summed E-state index contributed by atoms with van der Waals surface area (Å²) in [5.74, 6) is -3.24. The van der Waals surface area contributed by atoms with Gasteiger partial charge in [0.05, 0.1) is 16.9 Å². The van der Waals surface area contributed by atoms with Crippen molar-refractivity contribution in [3.05, 3.63) is 50.8 Å². The zero-order chi connectivity index (χ0) is 26.9. The smallest absolute Gasteiger partial charge is 0.419 e. The molecule has 13 heteroatoms. The molecule has 2 N–H and O–H groups in total. The first-order valence-corrected chi connectivity index (χ1v) is 13.3. The van der Waals surface area contributed by atoms with Crippen LogP contribution in [0.2, 0.25) is 0 Å². The Morgan fingerprint density at radius 3 is 2.68 bits per heavy atom. The molecule has 2 fully saturated rings. The lowest BCUT2D eigenvalue weighted by Gasteiger charge is -2.22. The Morgan fingerprint density at radius 2 is 1.97 bits per heavy atom. The molecule has 2 aromatic rings. The van der Waals surface area contributed by atoms with Gasteiger partial charge in [0.1, 0.15) is 10.1 Å². The van der Waals surface area contributed by atoms with Crippen LogP contribution in [0.3, 0.4) is 0 Å². The fraction of sp³-hybridized carbons (Fsp3) is 0.333. The van der Waals surface area contributed by atoms with Crippen molar-refractivity contribution in [3.63, 3.8) is 0 Å². The molecule has 1 saturated heterocycles. The number of amides is 2. The molecule has 0 unspecified atom stereocenters. The molecule has 6 nitrogen and oxygen atoms in total. The summed E-state index contributed by atoms with van der Waals surface area (Å²) in [5.41, 5.74) is -0.676. The van der Waals surface area contributed by atoms with Crippen LogP contribution >= 0.6 is 35.3 Å². The SMILES string of the molecule is O=C(O)CCNC(=O)[C@H]1CC[C@@H](N2C(=O)C(=Cc3cc(-c4ccc(F)c(C(F)(F)F)c4)cs3)SC2=S)C1. The summed E-state index contributed by atoms with van der Waals surface area (Å²) in [6.45, 7) is 0.0391. The van der Waals surface area contributed by atoms with Gasteiger partial charge < -0.3 is 10.4 Å². The predicted molar refractivity (Wildman–Crippen MR) is 136 cm³/mol. The van der Waals surface area contributed by atoms with Gasteiger partial charge in [-0.3, -0.25) is 19.3 Å². The molecule has 1 saturated carbocycles. The lowest BCUT2D eigenvalue weighted by molar-refractivity contribution is -0.140. The van der Waals surface area contributed by atoms with E-state index >= 15 is 0 Å². The minimum absolute atomic E-state index is 0.0391. The van der Waals surface area contributed by atoms with Gasteiger partial charge in [0.15, 0.2) is 0 Å². The Labute approximate surface area is 222 Å². The predicted octanol–water partition coefficient (Wildman–Crippen LogP) is 5.53. The van der Waals surface area contributed by atoms with E-state index in [-0.39, 0.29) is 42.3 Å². The van der Waals surface area contributed by atoms with Crippen molar-refractivity contribution in [2.24, 2.45) is 5.92 Å². The highest BCUT2D eigenvalue weighted by Gasteiger charge is 2.42. The topological polar surface area (TPSA) is 86.7 Å². The molecule has 0 radical (unpaired) electrons. The fourth-order valence-corrected chi connectivity index (χ4v) is 6.61. The maximum atomic E-state index is 13.6. The Bertz CT molecular complexity index is 1290. The second kappa shape index (κ2) is 10.9. The molecule has 4 rings (SSSR count). The van der Waals surface area contributed by atoms with Crippen LogP contribution < -0.4 is 5.32 Å². The number of benzene rings is 1. The summed E-state index contributed by atoms with van der Waals surface area (Å²) in [6, 6.07) is 4.17. The summed E-state index contributed by atoms with van der Waals surface area (Å²) >= 11 is 7.76. The molecule has 2 aliphatic rings. The molecule has 196 valence electrons. The monoisotopic (exact) mass is 572 g/mol. The lowest BCUT2D eigenvalue weighted by atomic mass is 10.0. The van der Waals surface area contributed by atoms with Crippen molar-refractivity contribution in [1.82, 2.24) is 10.2 Å². The standard InChI is InChI=1S/C24H20F4N2O4S3/c25-18-4-2-12(9-17(18)24(26,27)28)14-8-16(36-11-14)10-19-22(34)30(23(35)37-19)15-3-1-13(7-15)21(33)29-6-5-20(31)32/h2,4,8-11,13,15H,1,3,5-7H2,(H,29,33)(H,31,32)/t13-,15+/m0/s1. The average Bonchev–Trinajstić information content (AvgIpc) is 3.53. The number of thioether (sulfide) groups is 1. The summed E-state index contributed by atoms with van der Waals surface area (Å²) < 4.78 is 53.2. The number of thiophene rings is 1. The molecule has 1 aliphatic carbocycles. The molecule has 1 aliphatic heterocycles. The number of thiocarbonyl (C=S) groups is 1. The number of hydrogen-bond donors (Lipinski definition) is 2. The average molecular weight is 573 g/mol. The lowest BCUT2D eigenvalue weighted by Crippen LogP contribution is -2.38. The summed E-state index contributed by atoms with van der Waals surface area (Å²) in [7, 11) is 0. The molecule has 1 aromatic heterocycles. The first kappa shape index (κ1) is 27.3. The van der Waals surface area contributed by atoms with E-state index in [1.165, 1.54) is 22.3 Å². The Kier molecular flexibility index (Phi) is 8.05. The summed E-state index contributed by atoms with van der Waals surface area (Å²) in [4.78, 5) is 38.6. The van der Waals surface area contributed by atoms with E-state index in [0.717, 1.165) is 23.9 Å². The quantitative estimate of drug-likeness (QED) is 0.258. The molecule has 2 amide bonds. The van der Waals surface area contributed by atoms with Crippen LogP contribution in [0.15, 0.2) is 34.6 Å². The van der Waals surface area contributed by atoms with Gasteiger partial charge in [0.25, 0.3) is 5.91 Å². The van der Waals surface area contributed by atoms with E-state index in [1.807, 2.05) is 0 Å². The first-order valence-electron chi connectivity index (χ1n) is 11.2. The molecule has 2 atom stereocenters. The van der Waals surface area contributed by atoms with Crippen molar-refractivity contribution in [2.45, 2.75) is 37.9 Å². The number of carbonyl (C=O) groups is 3. The van der Waals surface area contributed by atoms with Gasteiger partial charge in [-0.05, 0) is 60.0 Å². The molecule has 2 heterocycles. The number of halogens is 4. The number of carboxylic acid groups (broad SMARTS) is 1. The number of nitrogens with one attached hydrogen (secondary N) is 1. The Balaban J connectivity index is 1.44. The first-order chi connectivity index (χ1) is 17.4. The Morgan fingerprint density at radius 1 is 1.22 bits per heavy atom. The van der Waals surface area contributed by atoms with Gasteiger partial charge in [0.2, 0.25) is 5.91 Å². The minimum Gasteiger partial charge on any atom is -0.481 e. The van der Waals surface area contributed by atoms with Crippen LogP contribution in [0.25, 0.3) is 17.2 Å². The van der Waals surface area contributed by atoms with E-state index in [9.17, 15) is 31.9 Å². The number of nitrogens with zero attached hydrogens (tertiary/aromatic N) is 1. The molecule has 0 bridgehead atoms. The maximum Gasteiger partial charge on any atom is 0.419 e. The van der Waals surface area contributed by atoms with Gasteiger partial charge in [-0.15, -0.1) is 11.3 Å². The third kappa shape index (κ3) is 6.21. The number of carbonyl (C=O) groups excluding carboxylic acids is 2. The zero-order valence-corrected chi connectivity index (χ0v) is 21.5. The number of alkyl halides is 3. The van der Waals surface area contributed by atoms with Crippen LogP contribution in [0.1, 0.15) is 36.1 Å². The van der Waals surface area contributed by atoms with Crippen molar-refractivity contribution >= 4 is 63.5 Å². The van der Waals surface area contributed by atoms with E-state index in [0.29, 0.717) is 38.9 Å². The van der Waals surface area contributed by atoms with Crippen molar-refractivity contribution in [1.29, 1.82) is 0 Å². The molecular weight excluding hydrogens is 552 g/mol. The Hall–Kier alpha value is -2.77. The van der Waals surface area contributed by atoms with E-state index in [1.54, 1.807) is 17.5 Å². The third-order valence-corrected chi connectivity index (χ3v) is 8.31. The van der Waals surface area contributed by atoms with Crippen molar-refractivity contribution in [2.75, 3.05) is 6.54 Å². The maximum absolute atomic E-state index is 13.6. The normalized spacial score (nSPS) is 21.2. The van der Waals surface area contributed by atoms with Crippen LogP contribution in [0.4, 0.5) is 17.6 Å². The minimum atomic E-state index is -4.81. The molecular formula is C24H20F4N2O4S3. The highest BCUT2D eigenvalue weighted by Crippen LogP contribution is 2.41. The molecule has 37 heavy (non-hydrogen) atoms. The van der Waals surface area contributed by atoms with Crippen molar-refractivity contribution < 1.29 is 37.1 Å². The second-order valence-corrected chi connectivity index (χ2v) is 11.2. The van der Waals surface area contributed by atoms with Gasteiger partial charge >= 0.3 is 12.1 Å². The van der Waals surface area contributed by atoms with E-state index in [2.05, 4.69) is 5.32 Å². The fourth-order valence-electron chi connectivity index (χ4n) is 4.29. The highest BCUT2D eigenvalue weighted by atomic mass is 32.2. The molecule has 1 aromatic carbocycles. The number of carboxylic acids is 1. The largest absolute Gasteiger partial charge is 0.481 e. The van der Waals surface area contributed by atoms with Crippen LogP contribution in [0, 0.1) is 11.7 Å². The van der Waals surface area contributed by atoms with Crippen molar-refractivity contribution in [3.8, 4) is 11.1 Å². The summed E-state index contributed by atoms with van der Waals surface area (Å²) in [5, 5.41) is 12.9. The number of rotatable bonds is 7. The number of hydrogen-bond acceptors (Lipinski definition) is 6. The second-order valence-electron chi connectivity index (χ2n) is 8.58. The van der Waals surface area contributed by atoms with Crippen LogP contribution in [0.5, 0.6) is 0 Å². The zero-order valence-electron chi connectivity index (χ0n) is 19.0. The van der Waals surface area contributed by atoms with Gasteiger partial charge in [-0.25, -0.2) is 4.39 Å².